The van der Waals surface area contributed by atoms with Gasteiger partial charge in [-0.1, -0.05) is 18.2 Å². The molecule has 122 valence electrons. The molecule has 0 unspecified atom stereocenters. The van der Waals surface area contributed by atoms with Gasteiger partial charge in [0.15, 0.2) is 0 Å². The van der Waals surface area contributed by atoms with Crippen molar-refractivity contribution in [3.63, 3.8) is 0 Å². The largest absolute Gasteiger partial charge is 0.348 e. The molecule has 0 saturated heterocycles. The number of amides is 1. The zero-order chi connectivity index (χ0) is 16.9. The third-order valence-electron chi connectivity index (χ3n) is 3.36. The number of aryl methyl sites for hydroxylation is 1. The third-order valence-corrected chi connectivity index (χ3v) is 5.39. The minimum absolute atomic E-state index is 0.163. The smallest absolute Gasteiger partial charge is 0.244 e. The number of thiazole rings is 1. The van der Waals surface area contributed by atoms with Gasteiger partial charge in [0.2, 0.25) is 5.91 Å². The molecule has 1 amide bonds. The van der Waals surface area contributed by atoms with Gasteiger partial charge in [0, 0.05) is 21.4 Å². The predicted molar refractivity (Wildman–Crippen MR) is 97.4 cm³/mol. The van der Waals surface area contributed by atoms with Gasteiger partial charge in [-0.3, -0.25) is 4.79 Å². The van der Waals surface area contributed by atoms with E-state index in [2.05, 4.69) is 10.3 Å². The minimum atomic E-state index is -0.291. The molecule has 1 aromatic carbocycles. The van der Waals surface area contributed by atoms with Gasteiger partial charge in [0.1, 0.15) is 10.8 Å². The molecule has 6 heteroatoms. The van der Waals surface area contributed by atoms with Gasteiger partial charge in [-0.25, -0.2) is 9.37 Å². The molecule has 0 aliphatic heterocycles. The molecule has 3 rings (SSSR count). The second-order valence-electron chi connectivity index (χ2n) is 5.07. The number of carbonyl (C=O) groups excluding carboxylic acids is 1. The summed E-state index contributed by atoms with van der Waals surface area (Å²) in [5.41, 5.74) is 1.29. The maximum absolute atomic E-state index is 13.9. The van der Waals surface area contributed by atoms with Crippen molar-refractivity contribution in [3.8, 4) is 10.6 Å². The summed E-state index contributed by atoms with van der Waals surface area (Å²) in [5.74, 6) is -0.454. The summed E-state index contributed by atoms with van der Waals surface area (Å²) in [4.78, 5) is 18.3. The first-order chi connectivity index (χ1) is 11.6. The fourth-order valence-electron chi connectivity index (χ4n) is 2.11. The lowest BCUT2D eigenvalue weighted by molar-refractivity contribution is -0.116. The minimum Gasteiger partial charge on any atom is -0.348 e. The number of halogens is 1. The van der Waals surface area contributed by atoms with Crippen LogP contribution in [0.15, 0.2) is 47.9 Å². The highest BCUT2D eigenvalue weighted by Gasteiger charge is 2.12. The van der Waals surface area contributed by atoms with Crippen LogP contribution in [0.1, 0.15) is 15.4 Å². The molecule has 24 heavy (non-hydrogen) atoms. The van der Waals surface area contributed by atoms with Gasteiger partial charge in [-0.2, -0.15) is 0 Å². The van der Waals surface area contributed by atoms with E-state index in [1.807, 2.05) is 24.4 Å². The summed E-state index contributed by atoms with van der Waals surface area (Å²) in [6, 6.07) is 10.4. The molecule has 3 nitrogen and oxygen atoms in total. The summed E-state index contributed by atoms with van der Waals surface area (Å²) in [6.07, 6.45) is 3.30. The highest BCUT2D eigenvalue weighted by atomic mass is 32.1. The van der Waals surface area contributed by atoms with Gasteiger partial charge >= 0.3 is 0 Å². The second kappa shape index (κ2) is 7.51. The number of thiophene rings is 1. The fourth-order valence-corrected chi connectivity index (χ4v) is 3.76. The lowest BCUT2D eigenvalue weighted by atomic mass is 10.2. The number of nitrogens with zero attached hydrogens (tertiary/aromatic N) is 1. The Bertz CT molecular complexity index is 869. The molecular formula is C18H15FN2OS2. The fraction of sp³-hybridized carbons (Fsp3) is 0.111. The summed E-state index contributed by atoms with van der Waals surface area (Å²) in [6.45, 7) is 2.25. The molecule has 0 aliphatic rings. The Hall–Kier alpha value is -2.31. The van der Waals surface area contributed by atoms with E-state index in [0.29, 0.717) is 17.1 Å². The molecular weight excluding hydrogens is 343 g/mol. The van der Waals surface area contributed by atoms with Crippen LogP contribution in [0.3, 0.4) is 0 Å². The molecule has 0 spiro atoms. The van der Waals surface area contributed by atoms with Crippen molar-refractivity contribution < 1.29 is 9.18 Å². The van der Waals surface area contributed by atoms with Crippen LogP contribution >= 0.6 is 22.7 Å². The van der Waals surface area contributed by atoms with Gasteiger partial charge in [-0.15, -0.1) is 22.7 Å². The van der Waals surface area contributed by atoms with E-state index in [4.69, 9.17) is 0 Å². The lowest BCUT2D eigenvalue weighted by Gasteiger charge is -2.00. The Morgan fingerprint density at radius 2 is 2.12 bits per heavy atom. The van der Waals surface area contributed by atoms with Crippen LogP contribution in [0.5, 0.6) is 0 Å². The molecule has 0 fully saturated rings. The number of benzene rings is 1. The van der Waals surface area contributed by atoms with Crippen molar-refractivity contribution >= 4 is 34.7 Å². The van der Waals surface area contributed by atoms with E-state index in [1.165, 1.54) is 23.5 Å². The highest BCUT2D eigenvalue weighted by molar-refractivity contribution is 7.15. The third kappa shape index (κ3) is 3.96. The van der Waals surface area contributed by atoms with Gasteiger partial charge in [-0.05, 0) is 36.6 Å². The number of nitrogens with one attached hydrogen (secondary N) is 1. The van der Waals surface area contributed by atoms with Crippen molar-refractivity contribution in [3.05, 3.63) is 69.1 Å². The van der Waals surface area contributed by atoms with Gasteiger partial charge in [0.05, 0.1) is 12.2 Å². The van der Waals surface area contributed by atoms with Gasteiger partial charge in [0.25, 0.3) is 0 Å². The van der Waals surface area contributed by atoms with Crippen molar-refractivity contribution in [2.45, 2.75) is 13.5 Å². The summed E-state index contributed by atoms with van der Waals surface area (Å²) in [5, 5.41) is 5.43. The Labute approximate surface area is 147 Å². The molecule has 2 heterocycles. The van der Waals surface area contributed by atoms with Gasteiger partial charge < -0.3 is 5.32 Å². The number of hydrogen-bond acceptors (Lipinski definition) is 4. The molecule has 3 aromatic rings. The zero-order valence-electron chi connectivity index (χ0n) is 13.0. The van der Waals surface area contributed by atoms with E-state index < -0.39 is 0 Å². The Morgan fingerprint density at radius 3 is 2.88 bits per heavy atom. The van der Waals surface area contributed by atoms with Crippen LogP contribution < -0.4 is 5.32 Å². The first-order valence-electron chi connectivity index (χ1n) is 7.34. The van der Waals surface area contributed by atoms with Crippen LogP contribution in [-0.2, 0) is 11.3 Å². The molecule has 2 aromatic heterocycles. The first kappa shape index (κ1) is 16.5. The monoisotopic (exact) mass is 358 g/mol. The van der Waals surface area contributed by atoms with E-state index in [0.717, 1.165) is 15.4 Å². The average Bonchev–Trinajstić information content (AvgIpc) is 3.21. The quantitative estimate of drug-likeness (QED) is 0.675. The van der Waals surface area contributed by atoms with Crippen LogP contribution in [-0.4, -0.2) is 10.9 Å². The van der Waals surface area contributed by atoms with Crippen molar-refractivity contribution in [2.24, 2.45) is 0 Å². The lowest BCUT2D eigenvalue weighted by Crippen LogP contribution is -2.19. The number of rotatable bonds is 5. The van der Waals surface area contributed by atoms with Crippen molar-refractivity contribution in [2.75, 3.05) is 0 Å². The van der Waals surface area contributed by atoms with Crippen LogP contribution in [0.25, 0.3) is 16.6 Å². The van der Waals surface area contributed by atoms with Crippen LogP contribution in [0, 0.1) is 12.7 Å². The number of aromatic nitrogens is 1. The summed E-state index contributed by atoms with van der Waals surface area (Å²) >= 11 is 2.97. The summed E-state index contributed by atoms with van der Waals surface area (Å²) in [7, 11) is 0. The van der Waals surface area contributed by atoms with Crippen molar-refractivity contribution in [1.82, 2.24) is 10.3 Å². The van der Waals surface area contributed by atoms with E-state index in [1.54, 1.807) is 35.6 Å². The predicted octanol–water partition coefficient (Wildman–Crippen LogP) is 4.65. The van der Waals surface area contributed by atoms with E-state index in [-0.39, 0.29) is 11.7 Å². The van der Waals surface area contributed by atoms with Crippen LogP contribution in [0.2, 0.25) is 0 Å². The second-order valence-corrected chi connectivity index (χ2v) is 7.14. The first-order valence-corrected chi connectivity index (χ1v) is 9.04. The Morgan fingerprint density at radius 1 is 1.29 bits per heavy atom. The molecule has 0 bridgehead atoms. The van der Waals surface area contributed by atoms with Crippen molar-refractivity contribution in [1.29, 1.82) is 0 Å². The normalized spacial score (nSPS) is 11.1. The maximum Gasteiger partial charge on any atom is 0.244 e. The average molecular weight is 358 g/mol. The topological polar surface area (TPSA) is 42.0 Å². The van der Waals surface area contributed by atoms with E-state index >= 15 is 0 Å². The molecule has 0 aliphatic carbocycles. The summed E-state index contributed by atoms with van der Waals surface area (Å²) < 4.78 is 13.9. The van der Waals surface area contributed by atoms with Crippen LogP contribution in [0.4, 0.5) is 4.39 Å². The standard InChI is InChI=1S/C18H15FN2OS2/c1-12-16(11-20-17(22)9-8-13-5-4-10-23-13)24-18(21-12)14-6-2-3-7-15(14)19/h2-10H,11H2,1H3,(H,20,22)/b9-8+. The molecule has 0 saturated carbocycles. The highest BCUT2D eigenvalue weighted by Crippen LogP contribution is 2.29. The molecule has 0 atom stereocenters. The number of carbonyl (C=O) groups is 1. The Balaban J connectivity index is 1.66. The maximum atomic E-state index is 13.9. The molecule has 0 radical (unpaired) electrons. The zero-order valence-corrected chi connectivity index (χ0v) is 14.6. The molecule has 1 N–H and O–H groups in total. The SMILES string of the molecule is Cc1nc(-c2ccccc2F)sc1CNC(=O)/C=C/c1cccs1. The van der Waals surface area contributed by atoms with E-state index in [9.17, 15) is 9.18 Å². The number of hydrogen-bond donors (Lipinski definition) is 1. The Kier molecular flexibility index (Phi) is 5.17.